The lowest BCUT2D eigenvalue weighted by molar-refractivity contribution is 0.415. The molecular formula is C16H10Br2O3. The van der Waals surface area contributed by atoms with Gasteiger partial charge < -0.3 is 9.15 Å². The summed E-state index contributed by atoms with van der Waals surface area (Å²) in [5.74, 6) is 0.745. The fourth-order valence-corrected chi connectivity index (χ4v) is 3.47. The van der Waals surface area contributed by atoms with E-state index in [0.717, 1.165) is 25.6 Å². The maximum Gasteiger partial charge on any atom is 0.344 e. The number of fused-ring (bicyclic) bond motifs is 1. The van der Waals surface area contributed by atoms with E-state index < -0.39 is 0 Å². The van der Waals surface area contributed by atoms with Crippen molar-refractivity contribution in [2.75, 3.05) is 7.11 Å². The lowest BCUT2D eigenvalue weighted by Gasteiger charge is -2.05. The zero-order chi connectivity index (χ0) is 15.0. The molecule has 5 heteroatoms. The van der Waals surface area contributed by atoms with Gasteiger partial charge in [-0.05, 0) is 51.8 Å². The molecule has 0 fully saturated rings. The van der Waals surface area contributed by atoms with Crippen LogP contribution < -0.4 is 10.4 Å². The van der Waals surface area contributed by atoms with Crippen LogP contribution in [0.1, 0.15) is 0 Å². The Morgan fingerprint density at radius 2 is 1.76 bits per heavy atom. The summed E-state index contributed by atoms with van der Waals surface area (Å²) in [4.78, 5) is 12.2. The van der Waals surface area contributed by atoms with Gasteiger partial charge in [0.2, 0.25) is 0 Å². The second-order valence-corrected chi connectivity index (χ2v) is 6.25. The minimum absolute atomic E-state index is 0.365. The van der Waals surface area contributed by atoms with Gasteiger partial charge in [0.15, 0.2) is 5.58 Å². The molecule has 3 aromatic rings. The maximum absolute atomic E-state index is 12.2. The van der Waals surface area contributed by atoms with Gasteiger partial charge in [-0.1, -0.05) is 28.1 Å². The second-order valence-electron chi connectivity index (χ2n) is 4.48. The van der Waals surface area contributed by atoms with Crippen molar-refractivity contribution in [2.45, 2.75) is 0 Å². The molecule has 0 saturated carbocycles. The van der Waals surface area contributed by atoms with Gasteiger partial charge in [-0.25, -0.2) is 4.79 Å². The summed E-state index contributed by atoms with van der Waals surface area (Å²) in [7, 11) is 1.61. The minimum atomic E-state index is -0.365. The third-order valence-corrected chi connectivity index (χ3v) is 4.20. The molecule has 0 radical (unpaired) electrons. The van der Waals surface area contributed by atoms with Gasteiger partial charge in [-0.15, -0.1) is 0 Å². The number of benzene rings is 2. The predicted octanol–water partition coefficient (Wildman–Crippen LogP) is 4.99. The van der Waals surface area contributed by atoms with Crippen LogP contribution in [-0.4, -0.2) is 7.11 Å². The van der Waals surface area contributed by atoms with Gasteiger partial charge >= 0.3 is 5.63 Å². The molecule has 0 saturated heterocycles. The zero-order valence-corrected chi connectivity index (χ0v) is 14.2. The predicted molar refractivity (Wildman–Crippen MR) is 89.9 cm³/mol. The van der Waals surface area contributed by atoms with E-state index in [1.54, 1.807) is 7.11 Å². The van der Waals surface area contributed by atoms with Crippen molar-refractivity contribution >= 4 is 42.8 Å². The molecule has 0 aliphatic heterocycles. The Bertz CT molecular complexity index is 867. The number of halogens is 2. The number of ether oxygens (including phenoxy) is 1. The lowest BCUT2D eigenvalue weighted by Crippen LogP contribution is -2.02. The molecular weight excluding hydrogens is 400 g/mol. The summed E-state index contributed by atoms with van der Waals surface area (Å²) < 4.78 is 12.2. The van der Waals surface area contributed by atoms with Gasteiger partial charge in [-0.3, -0.25) is 0 Å². The van der Waals surface area contributed by atoms with Crippen molar-refractivity contribution in [3.63, 3.8) is 0 Å². The molecule has 0 aliphatic carbocycles. The Morgan fingerprint density at radius 1 is 1.05 bits per heavy atom. The molecule has 2 aromatic carbocycles. The second kappa shape index (κ2) is 5.66. The molecule has 0 aliphatic rings. The topological polar surface area (TPSA) is 39.4 Å². The summed E-state index contributed by atoms with van der Waals surface area (Å²) >= 11 is 6.84. The summed E-state index contributed by atoms with van der Waals surface area (Å²) in [6.45, 7) is 0. The molecule has 0 bridgehead atoms. The van der Waals surface area contributed by atoms with Crippen LogP contribution in [0.25, 0.3) is 22.1 Å². The first-order valence-electron chi connectivity index (χ1n) is 6.16. The van der Waals surface area contributed by atoms with Crippen LogP contribution in [0.2, 0.25) is 0 Å². The van der Waals surface area contributed by atoms with Crippen LogP contribution in [-0.2, 0) is 0 Å². The first-order chi connectivity index (χ1) is 10.1. The van der Waals surface area contributed by atoms with Gasteiger partial charge in [0.25, 0.3) is 0 Å². The Morgan fingerprint density at radius 3 is 2.43 bits per heavy atom. The van der Waals surface area contributed by atoms with E-state index in [2.05, 4.69) is 31.9 Å². The highest BCUT2D eigenvalue weighted by atomic mass is 79.9. The molecule has 0 spiro atoms. The van der Waals surface area contributed by atoms with Crippen LogP contribution in [0.4, 0.5) is 0 Å². The average molecular weight is 410 g/mol. The minimum Gasteiger partial charge on any atom is -0.497 e. The SMILES string of the molecule is COc1ccc(-c2cc3cc(Br)cc(Br)c3oc2=O)cc1. The van der Waals surface area contributed by atoms with Crippen LogP contribution in [0, 0.1) is 0 Å². The van der Waals surface area contributed by atoms with E-state index in [0.29, 0.717) is 11.1 Å². The fraction of sp³-hybridized carbons (Fsp3) is 0.0625. The molecule has 21 heavy (non-hydrogen) atoms. The van der Waals surface area contributed by atoms with Crippen LogP contribution >= 0.6 is 31.9 Å². The Labute approximate surface area is 137 Å². The highest BCUT2D eigenvalue weighted by Gasteiger charge is 2.10. The molecule has 1 heterocycles. The average Bonchev–Trinajstić information content (AvgIpc) is 2.48. The zero-order valence-electron chi connectivity index (χ0n) is 11.0. The normalized spacial score (nSPS) is 10.8. The Hall–Kier alpha value is -1.59. The van der Waals surface area contributed by atoms with Crippen molar-refractivity contribution in [1.82, 2.24) is 0 Å². The molecule has 0 unspecified atom stereocenters. The van der Waals surface area contributed by atoms with E-state index in [1.165, 1.54) is 0 Å². The van der Waals surface area contributed by atoms with Crippen molar-refractivity contribution < 1.29 is 9.15 Å². The maximum atomic E-state index is 12.2. The number of hydrogen-bond acceptors (Lipinski definition) is 3. The standard InChI is InChI=1S/C16H10Br2O3/c1-20-12-4-2-9(3-5-12)13-7-10-6-11(17)8-14(18)15(10)21-16(13)19/h2-8H,1H3. The van der Waals surface area contributed by atoms with E-state index in [4.69, 9.17) is 9.15 Å². The van der Waals surface area contributed by atoms with E-state index in [1.807, 2.05) is 42.5 Å². The molecule has 3 nitrogen and oxygen atoms in total. The Kier molecular flexibility index (Phi) is 3.87. The molecule has 0 amide bonds. The van der Waals surface area contributed by atoms with Crippen molar-refractivity contribution in [3.8, 4) is 16.9 Å². The molecule has 0 atom stereocenters. The fourth-order valence-electron chi connectivity index (χ4n) is 2.13. The Balaban J connectivity index is 2.22. The monoisotopic (exact) mass is 408 g/mol. The largest absolute Gasteiger partial charge is 0.497 e. The summed E-state index contributed by atoms with van der Waals surface area (Å²) in [6.07, 6.45) is 0. The van der Waals surface area contributed by atoms with Gasteiger partial charge in [0.1, 0.15) is 5.75 Å². The third kappa shape index (κ3) is 2.76. The molecule has 1 aromatic heterocycles. The van der Waals surface area contributed by atoms with Crippen molar-refractivity contribution in [2.24, 2.45) is 0 Å². The summed E-state index contributed by atoms with van der Waals surface area (Å²) in [6, 6.07) is 12.9. The smallest absolute Gasteiger partial charge is 0.344 e. The molecule has 0 N–H and O–H groups in total. The number of hydrogen-bond donors (Lipinski definition) is 0. The lowest BCUT2D eigenvalue weighted by atomic mass is 10.1. The summed E-state index contributed by atoms with van der Waals surface area (Å²) in [5, 5.41) is 0.849. The van der Waals surface area contributed by atoms with Crippen molar-refractivity contribution in [3.05, 3.63) is 61.8 Å². The first kappa shape index (κ1) is 14.4. The number of rotatable bonds is 2. The van der Waals surface area contributed by atoms with Crippen LogP contribution in [0.15, 0.2) is 60.6 Å². The first-order valence-corrected chi connectivity index (χ1v) is 7.74. The highest BCUT2D eigenvalue weighted by Crippen LogP contribution is 2.30. The summed E-state index contributed by atoms with van der Waals surface area (Å²) in [5.41, 5.74) is 1.49. The molecule has 3 rings (SSSR count). The van der Waals surface area contributed by atoms with E-state index in [9.17, 15) is 4.79 Å². The van der Waals surface area contributed by atoms with Gasteiger partial charge in [0, 0.05) is 9.86 Å². The van der Waals surface area contributed by atoms with Gasteiger partial charge in [0.05, 0.1) is 17.1 Å². The van der Waals surface area contributed by atoms with Gasteiger partial charge in [-0.2, -0.15) is 0 Å². The quantitative estimate of drug-likeness (QED) is 0.559. The highest BCUT2D eigenvalue weighted by molar-refractivity contribution is 9.11. The van der Waals surface area contributed by atoms with Crippen LogP contribution in [0.5, 0.6) is 5.75 Å². The van der Waals surface area contributed by atoms with Crippen LogP contribution in [0.3, 0.4) is 0 Å². The molecule has 106 valence electrons. The van der Waals surface area contributed by atoms with Crippen molar-refractivity contribution in [1.29, 1.82) is 0 Å². The number of methoxy groups -OCH3 is 1. The third-order valence-electron chi connectivity index (χ3n) is 3.15. The van der Waals surface area contributed by atoms with E-state index in [-0.39, 0.29) is 5.63 Å². The van der Waals surface area contributed by atoms with E-state index >= 15 is 0 Å².